The minimum absolute atomic E-state index is 0.0967. The summed E-state index contributed by atoms with van der Waals surface area (Å²) in [6.45, 7) is 0. The van der Waals surface area contributed by atoms with Gasteiger partial charge in [-0.2, -0.15) is 5.10 Å². The summed E-state index contributed by atoms with van der Waals surface area (Å²) >= 11 is 6.03. The van der Waals surface area contributed by atoms with Crippen LogP contribution in [-0.4, -0.2) is 23.9 Å². The molecule has 0 fully saturated rings. The van der Waals surface area contributed by atoms with E-state index in [0.29, 0.717) is 10.7 Å². The Hall–Kier alpha value is -4.09. The molecule has 0 bridgehead atoms. The summed E-state index contributed by atoms with van der Waals surface area (Å²) in [5.41, 5.74) is 7.28. The number of ether oxygens (including phenoxy) is 1. The summed E-state index contributed by atoms with van der Waals surface area (Å²) in [5.74, 6) is 0.931. The Bertz CT molecular complexity index is 1470. The Morgan fingerprint density at radius 1 is 0.946 bits per heavy atom. The van der Waals surface area contributed by atoms with E-state index >= 15 is 0 Å². The van der Waals surface area contributed by atoms with Crippen LogP contribution in [0.4, 0.5) is 10.5 Å². The SMILES string of the molecule is COc1ccc2c(c1)CCC1C2=NN(C(=O)Nc2ccc(Cl)cc2)C1c1ccc(-c2ccccc2)cc1. The van der Waals surface area contributed by atoms with E-state index in [1.807, 2.05) is 24.3 Å². The topological polar surface area (TPSA) is 53.9 Å². The molecule has 0 aromatic heterocycles. The molecule has 1 aliphatic carbocycles. The highest BCUT2D eigenvalue weighted by Gasteiger charge is 2.44. The van der Waals surface area contributed by atoms with Crippen LogP contribution in [0.2, 0.25) is 5.02 Å². The number of aryl methyl sites for hydroxylation is 1. The fourth-order valence-electron chi connectivity index (χ4n) is 5.35. The number of nitrogens with zero attached hydrogens (tertiary/aromatic N) is 2. The number of carbonyl (C=O) groups is 1. The number of rotatable bonds is 4. The van der Waals surface area contributed by atoms with Gasteiger partial charge >= 0.3 is 6.03 Å². The maximum absolute atomic E-state index is 13.6. The lowest BCUT2D eigenvalue weighted by atomic mass is 9.77. The first kappa shape index (κ1) is 23.3. The quantitative estimate of drug-likeness (QED) is 0.309. The standard InChI is InChI=1S/C31H26ClN3O2/c1-37-26-16-18-27-23(19-26)11-17-28-29(27)34-35(31(36)33-25-14-12-24(32)13-15-25)30(28)22-9-7-21(8-10-22)20-5-3-2-4-6-20/h2-10,12-16,18-19,28,30H,11,17H2,1H3,(H,33,36). The number of hydrogen-bond acceptors (Lipinski definition) is 3. The number of benzene rings is 4. The Kier molecular flexibility index (Phi) is 6.15. The van der Waals surface area contributed by atoms with Gasteiger partial charge < -0.3 is 10.1 Å². The molecule has 0 spiro atoms. The molecule has 184 valence electrons. The lowest BCUT2D eigenvalue weighted by Gasteiger charge is -2.30. The van der Waals surface area contributed by atoms with Crippen molar-refractivity contribution >= 4 is 29.0 Å². The molecule has 2 atom stereocenters. The van der Waals surface area contributed by atoms with Crippen LogP contribution in [-0.2, 0) is 6.42 Å². The predicted molar refractivity (Wildman–Crippen MR) is 148 cm³/mol. The van der Waals surface area contributed by atoms with Gasteiger partial charge in [0.05, 0.1) is 18.9 Å². The van der Waals surface area contributed by atoms with Crippen LogP contribution >= 0.6 is 11.6 Å². The third-order valence-corrected chi connectivity index (χ3v) is 7.44. The van der Waals surface area contributed by atoms with Crippen molar-refractivity contribution in [1.29, 1.82) is 0 Å². The van der Waals surface area contributed by atoms with Gasteiger partial charge in [-0.1, -0.05) is 66.2 Å². The van der Waals surface area contributed by atoms with Crippen molar-refractivity contribution in [3.63, 3.8) is 0 Å². The maximum Gasteiger partial charge on any atom is 0.342 e. The van der Waals surface area contributed by atoms with Crippen molar-refractivity contribution in [1.82, 2.24) is 5.01 Å². The third-order valence-electron chi connectivity index (χ3n) is 7.19. The van der Waals surface area contributed by atoms with Crippen LogP contribution in [0, 0.1) is 5.92 Å². The van der Waals surface area contributed by atoms with Crippen molar-refractivity contribution in [3.05, 3.63) is 119 Å². The van der Waals surface area contributed by atoms with Crippen LogP contribution in [0.1, 0.15) is 29.2 Å². The molecule has 2 aliphatic rings. The molecule has 4 aromatic carbocycles. The van der Waals surface area contributed by atoms with Crippen LogP contribution < -0.4 is 10.1 Å². The number of halogens is 1. The van der Waals surface area contributed by atoms with Gasteiger partial charge in [-0.05, 0) is 77.6 Å². The number of amides is 2. The van der Waals surface area contributed by atoms with Crippen LogP contribution in [0.3, 0.4) is 0 Å². The molecule has 6 rings (SSSR count). The molecule has 6 heteroatoms. The predicted octanol–water partition coefficient (Wildman–Crippen LogP) is 7.57. The second-order valence-corrected chi connectivity index (χ2v) is 9.80. The monoisotopic (exact) mass is 507 g/mol. The maximum atomic E-state index is 13.6. The van der Waals surface area contributed by atoms with E-state index in [4.69, 9.17) is 21.4 Å². The zero-order valence-corrected chi connectivity index (χ0v) is 21.2. The van der Waals surface area contributed by atoms with Crippen molar-refractivity contribution in [2.24, 2.45) is 11.0 Å². The van der Waals surface area contributed by atoms with Gasteiger partial charge in [0, 0.05) is 22.2 Å². The zero-order valence-electron chi connectivity index (χ0n) is 20.4. The molecule has 2 amide bonds. The fraction of sp³-hybridized carbons (Fsp3) is 0.161. The summed E-state index contributed by atoms with van der Waals surface area (Å²) in [6.07, 6.45) is 1.80. The molecule has 37 heavy (non-hydrogen) atoms. The highest BCUT2D eigenvalue weighted by atomic mass is 35.5. The average Bonchev–Trinajstić information content (AvgIpc) is 3.35. The molecule has 1 aliphatic heterocycles. The third kappa shape index (κ3) is 4.47. The minimum Gasteiger partial charge on any atom is -0.497 e. The van der Waals surface area contributed by atoms with Crippen molar-refractivity contribution in [2.45, 2.75) is 18.9 Å². The number of hydrogen-bond donors (Lipinski definition) is 1. The van der Waals surface area contributed by atoms with E-state index in [1.165, 1.54) is 5.56 Å². The van der Waals surface area contributed by atoms with Gasteiger partial charge in [-0.15, -0.1) is 0 Å². The molecule has 5 nitrogen and oxygen atoms in total. The van der Waals surface area contributed by atoms with Gasteiger partial charge in [-0.25, -0.2) is 9.80 Å². The zero-order chi connectivity index (χ0) is 25.4. The molecule has 0 saturated heterocycles. The van der Waals surface area contributed by atoms with Crippen LogP contribution in [0.5, 0.6) is 5.75 Å². The molecule has 0 radical (unpaired) electrons. The smallest absolute Gasteiger partial charge is 0.342 e. The first-order chi connectivity index (χ1) is 18.1. The van der Waals surface area contributed by atoms with E-state index in [0.717, 1.165) is 46.6 Å². The number of nitrogens with one attached hydrogen (secondary N) is 1. The van der Waals surface area contributed by atoms with Gasteiger partial charge in [0.15, 0.2) is 0 Å². The average molecular weight is 508 g/mol. The molecular weight excluding hydrogens is 482 g/mol. The number of urea groups is 1. The Labute approximate surface area is 221 Å². The lowest BCUT2D eigenvalue weighted by molar-refractivity contribution is 0.188. The summed E-state index contributed by atoms with van der Waals surface area (Å²) in [4.78, 5) is 13.6. The van der Waals surface area contributed by atoms with Crippen LogP contribution in [0.25, 0.3) is 11.1 Å². The van der Waals surface area contributed by atoms with Crippen molar-refractivity contribution < 1.29 is 9.53 Å². The number of fused-ring (bicyclic) bond motifs is 3. The molecule has 4 aromatic rings. The Morgan fingerprint density at radius 2 is 1.68 bits per heavy atom. The van der Waals surface area contributed by atoms with Gasteiger partial charge in [0.25, 0.3) is 0 Å². The highest BCUT2D eigenvalue weighted by molar-refractivity contribution is 6.30. The highest BCUT2D eigenvalue weighted by Crippen LogP contribution is 2.44. The van der Waals surface area contributed by atoms with E-state index in [1.54, 1.807) is 36.4 Å². The van der Waals surface area contributed by atoms with Crippen LogP contribution in [0.15, 0.2) is 102 Å². The summed E-state index contributed by atoms with van der Waals surface area (Å²) < 4.78 is 5.44. The first-order valence-electron chi connectivity index (χ1n) is 12.4. The normalized spacial score (nSPS) is 18.0. The van der Waals surface area contributed by atoms with Gasteiger partial charge in [0.1, 0.15) is 5.75 Å². The molecule has 2 unspecified atom stereocenters. The molecule has 0 saturated carbocycles. The second kappa shape index (κ2) is 9.75. The fourth-order valence-corrected chi connectivity index (χ4v) is 5.47. The number of carbonyl (C=O) groups excluding carboxylic acids is 1. The first-order valence-corrected chi connectivity index (χ1v) is 12.8. The molecular formula is C31H26ClN3O2. The minimum atomic E-state index is -0.267. The van der Waals surface area contributed by atoms with Gasteiger partial charge in [-0.3, -0.25) is 0 Å². The number of hydrazone groups is 1. The summed E-state index contributed by atoms with van der Waals surface area (Å²) in [5, 5.41) is 10.2. The van der Waals surface area contributed by atoms with E-state index in [2.05, 4.69) is 53.8 Å². The van der Waals surface area contributed by atoms with E-state index in [9.17, 15) is 4.79 Å². The second-order valence-electron chi connectivity index (χ2n) is 9.37. The number of anilines is 1. The van der Waals surface area contributed by atoms with E-state index < -0.39 is 0 Å². The van der Waals surface area contributed by atoms with E-state index in [-0.39, 0.29) is 18.0 Å². The Balaban J connectivity index is 1.37. The molecule has 1 heterocycles. The summed E-state index contributed by atoms with van der Waals surface area (Å²) in [7, 11) is 1.68. The van der Waals surface area contributed by atoms with Crippen molar-refractivity contribution in [3.8, 4) is 16.9 Å². The largest absolute Gasteiger partial charge is 0.497 e. The summed E-state index contributed by atoms with van der Waals surface area (Å²) in [6, 6.07) is 31.5. The molecule has 1 N–H and O–H groups in total. The number of methoxy groups -OCH3 is 1. The van der Waals surface area contributed by atoms with Crippen molar-refractivity contribution in [2.75, 3.05) is 12.4 Å². The van der Waals surface area contributed by atoms with Gasteiger partial charge in [0.2, 0.25) is 0 Å². The Morgan fingerprint density at radius 3 is 2.41 bits per heavy atom. The lowest BCUT2D eigenvalue weighted by Crippen LogP contribution is -2.34.